The van der Waals surface area contributed by atoms with Crippen molar-refractivity contribution in [2.45, 2.75) is 33.6 Å². The highest BCUT2D eigenvalue weighted by atomic mass is 32.1. The maximum atomic E-state index is 8.74. The van der Waals surface area contributed by atoms with Crippen LogP contribution in [0.5, 0.6) is 0 Å². The first-order chi connectivity index (χ1) is 10.1. The molecular formula is C17H24N2OS. The second-order valence-corrected chi connectivity index (χ2v) is 6.70. The summed E-state index contributed by atoms with van der Waals surface area (Å²) in [5.74, 6) is 0. The number of aromatic nitrogens is 1. The summed E-state index contributed by atoms with van der Waals surface area (Å²) in [5, 5.41) is 13.3. The summed E-state index contributed by atoms with van der Waals surface area (Å²) in [7, 11) is 0. The van der Waals surface area contributed by atoms with Crippen molar-refractivity contribution < 1.29 is 5.11 Å². The van der Waals surface area contributed by atoms with Crippen molar-refractivity contribution in [3.05, 3.63) is 39.2 Å². The summed E-state index contributed by atoms with van der Waals surface area (Å²) in [6, 6.07) is 6.54. The van der Waals surface area contributed by atoms with Gasteiger partial charge in [0.25, 0.3) is 0 Å². The molecule has 0 bridgehead atoms. The molecule has 114 valence electrons. The lowest BCUT2D eigenvalue weighted by atomic mass is 10.0. The van der Waals surface area contributed by atoms with Crippen LogP contribution in [-0.4, -0.2) is 29.8 Å². The molecule has 21 heavy (non-hydrogen) atoms. The van der Waals surface area contributed by atoms with Crippen molar-refractivity contribution in [1.29, 1.82) is 0 Å². The van der Waals surface area contributed by atoms with E-state index in [1.54, 1.807) is 11.3 Å². The van der Waals surface area contributed by atoms with Crippen molar-refractivity contribution in [1.82, 2.24) is 10.3 Å². The van der Waals surface area contributed by atoms with Crippen molar-refractivity contribution in [3.63, 3.8) is 0 Å². The van der Waals surface area contributed by atoms with Crippen LogP contribution in [0.2, 0.25) is 0 Å². The third-order valence-electron chi connectivity index (χ3n) is 3.51. The van der Waals surface area contributed by atoms with Gasteiger partial charge in [-0.05, 0) is 39.3 Å². The van der Waals surface area contributed by atoms with E-state index in [-0.39, 0.29) is 6.61 Å². The highest BCUT2D eigenvalue weighted by molar-refractivity contribution is 7.12. The number of aliphatic hydroxyl groups is 1. The molecular weight excluding hydrogens is 280 g/mol. The number of benzene rings is 1. The molecule has 4 heteroatoms. The average Bonchev–Trinajstić information content (AvgIpc) is 2.80. The van der Waals surface area contributed by atoms with Gasteiger partial charge in [-0.25, -0.2) is 4.98 Å². The zero-order valence-corrected chi connectivity index (χ0v) is 13.9. The molecule has 0 atom stereocenters. The Morgan fingerprint density at radius 1 is 1.19 bits per heavy atom. The molecule has 0 saturated heterocycles. The average molecular weight is 304 g/mol. The molecule has 1 heterocycles. The third kappa shape index (κ3) is 4.37. The lowest BCUT2D eigenvalue weighted by molar-refractivity contribution is 0.286. The van der Waals surface area contributed by atoms with Gasteiger partial charge in [-0.1, -0.05) is 23.8 Å². The van der Waals surface area contributed by atoms with Gasteiger partial charge in [-0.15, -0.1) is 11.3 Å². The Labute approximate surface area is 131 Å². The summed E-state index contributed by atoms with van der Waals surface area (Å²) >= 11 is 1.79. The predicted molar refractivity (Wildman–Crippen MR) is 90.0 cm³/mol. The standard InChI is InChI=1S/C17H24N2OS/c1-12-5-6-15(13(2)11-12)17-14(3)21-16(19-17)7-9-18-8-4-10-20/h5-6,11,18,20H,4,7-10H2,1-3H3. The molecule has 0 aliphatic rings. The topological polar surface area (TPSA) is 45.2 Å². The van der Waals surface area contributed by atoms with E-state index in [0.29, 0.717) is 0 Å². The molecule has 1 aromatic carbocycles. The molecule has 2 aromatic rings. The lowest BCUT2D eigenvalue weighted by Crippen LogP contribution is -2.19. The number of hydrogen-bond acceptors (Lipinski definition) is 4. The number of aliphatic hydroxyl groups excluding tert-OH is 1. The zero-order valence-electron chi connectivity index (χ0n) is 13.1. The summed E-state index contributed by atoms with van der Waals surface area (Å²) in [6.45, 7) is 8.45. The van der Waals surface area contributed by atoms with Crippen LogP contribution in [0.4, 0.5) is 0 Å². The molecule has 1 aromatic heterocycles. The highest BCUT2D eigenvalue weighted by Gasteiger charge is 2.11. The monoisotopic (exact) mass is 304 g/mol. The van der Waals surface area contributed by atoms with Crippen LogP contribution < -0.4 is 5.32 Å². The van der Waals surface area contributed by atoms with Crippen LogP contribution in [0.25, 0.3) is 11.3 Å². The van der Waals surface area contributed by atoms with Crippen LogP contribution in [0.3, 0.4) is 0 Å². The molecule has 0 spiro atoms. The predicted octanol–water partition coefficient (Wildman–Crippen LogP) is 3.25. The first-order valence-electron chi connectivity index (χ1n) is 7.47. The van der Waals surface area contributed by atoms with Gasteiger partial charge < -0.3 is 10.4 Å². The fourth-order valence-corrected chi connectivity index (χ4v) is 3.36. The van der Waals surface area contributed by atoms with Crippen LogP contribution >= 0.6 is 11.3 Å². The molecule has 3 nitrogen and oxygen atoms in total. The van der Waals surface area contributed by atoms with Gasteiger partial charge in [0.15, 0.2) is 0 Å². The molecule has 2 N–H and O–H groups in total. The second-order valence-electron chi connectivity index (χ2n) is 5.41. The van der Waals surface area contributed by atoms with E-state index in [4.69, 9.17) is 10.1 Å². The second kappa shape index (κ2) is 7.69. The van der Waals surface area contributed by atoms with Gasteiger partial charge in [0.1, 0.15) is 0 Å². The summed E-state index contributed by atoms with van der Waals surface area (Å²) < 4.78 is 0. The Hall–Kier alpha value is -1.23. The number of rotatable bonds is 7. The van der Waals surface area contributed by atoms with Gasteiger partial charge in [-0.2, -0.15) is 0 Å². The van der Waals surface area contributed by atoms with E-state index in [1.165, 1.54) is 26.6 Å². The highest BCUT2D eigenvalue weighted by Crippen LogP contribution is 2.30. The normalized spacial score (nSPS) is 11.0. The summed E-state index contributed by atoms with van der Waals surface area (Å²) in [5.41, 5.74) is 4.95. The smallest absolute Gasteiger partial charge is 0.0948 e. The molecule has 0 saturated carbocycles. The molecule has 0 radical (unpaired) electrons. The Morgan fingerprint density at radius 2 is 2.00 bits per heavy atom. The van der Waals surface area contributed by atoms with Crippen molar-refractivity contribution in [2.24, 2.45) is 0 Å². The fraction of sp³-hybridized carbons (Fsp3) is 0.471. The summed E-state index contributed by atoms with van der Waals surface area (Å²) in [6.07, 6.45) is 1.76. The minimum Gasteiger partial charge on any atom is -0.396 e. The van der Waals surface area contributed by atoms with Crippen LogP contribution in [0.1, 0.15) is 27.4 Å². The number of hydrogen-bond donors (Lipinski definition) is 2. The fourth-order valence-electron chi connectivity index (χ4n) is 2.41. The Balaban J connectivity index is 2.05. The Morgan fingerprint density at radius 3 is 2.71 bits per heavy atom. The first kappa shape index (κ1) is 16.1. The SMILES string of the molecule is Cc1ccc(-c2nc(CCNCCCO)sc2C)c(C)c1. The zero-order chi connectivity index (χ0) is 15.2. The van der Waals surface area contributed by atoms with Gasteiger partial charge in [0, 0.05) is 30.0 Å². The van der Waals surface area contributed by atoms with Crippen LogP contribution in [0, 0.1) is 20.8 Å². The first-order valence-corrected chi connectivity index (χ1v) is 8.29. The van der Waals surface area contributed by atoms with Gasteiger partial charge in [-0.3, -0.25) is 0 Å². The number of nitrogens with zero attached hydrogens (tertiary/aromatic N) is 1. The third-order valence-corrected chi connectivity index (χ3v) is 4.54. The van der Waals surface area contributed by atoms with E-state index >= 15 is 0 Å². The van der Waals surface area contributed by atoms with Crippen molar-refractivity contribution >= 4 is 11.3 Å². The van der Waals surface area contributed by atoms with Gasteiger partial charge in [0.05, 0.1) is 10.7 Å². The number of thiazole rings is 1. The van der Waals surface area contributed by atoms with E-state index < -0.39 is 0 Å². The van der Waals surface area contributed by atoms with Crippen molar-refractivity contribution in [3.8, 4) is 11.3 Å². The molecule has 0 unspecified atom stereocenters. The van der Waals surface area contributed by atoms with Crippen LogP contribution in [-0.2, 0) is 6.42 Å². The van der Waals surface area contributed by atoms with E-state index in [1.807, 2.05) is 0 Å². The van der Waals surface area contributed by atoms with E-state index in [2.05, 4.69) is 44.3 Å². The maximum Gasteiger partial charge on any atom is 0.0948 e. The molecule has 2 rings (SSSR count). The van der Waals surface area contributed by atoms with E-state index in [0.717, 1.165) is 31.6 Å². The maximum absolute atomic E-state index is 8.74. The quantitative estimate of drug-likeness (QED) is 0.772. The Kier molecular flexibility index (Phi) is 5.91. The molecule has 0 aliphatic heterocycles. The number of aryl methyl sites for hydroxylation is 3. The molecule has 0 aliphatic carbocycles. The number of nitrogens with one attached hydrogen (secondary N) is 1. The van der Waals surface area contributed by atoms with Gasteiger partial charge in [0.2, 0.25) is 0 Å². The molecule has 0 amide bonds. The largest absolute Gasteiger partial charge is 0.396 e. The minimum atomic E-state index is 0.250. The lowest BCUT2D eigenvalue weighted by Gasteiger charge is -2.05. The van der Waals surface area contributed by atoms with Crippen LogP contribution in [0.15, 0.2) is 18.2 Å². The minimum absolute atomic E-state index is 0.250. The summed E-state index contributed by atoms with van der Waals surface area (Å²) in [4.78, 5) is 6.10. The van der Waals surface area contributed by atoms with E-state index in [9.17, 15) is 0 Å². The van der Waals surface area contributed by atoms with Gasteiger partial charge >= 0.3 is 0 Å². The van der Waals surface area contributed by atoms with Crippen molar-refractivity contribution in [2.75, 3.05) is 19.7 Å². The molecule has 0 fully saturated rings. The Bertz CT molecular complexity index is 592.